The van der Waals surface area contributed by atoms with Gasteiger partial charge in [-0.1, -0.05) is 11.6 Å². The molecule has 1 aliphatic heterocycles. The number of pyridine rings is 2. The molecule has 8 heteroatoms. The van der Waals surface area contributed by atoms with Crippen LogP contribution in [0.3, 0.4) is 0 Å². The number of rotatable bonds is 2. The largest absolute Gasteiger partial charge is 0.367 e. The van der Waals surface area contributed by atoms with Crippen molar-refractivity contribution in [3.63, 3.8) is 0 Å². The van der Waals surface area contributed by atoms with Crippen molar-refractivity contribution in [3.8, 4) is 11.3 Å². The second kappa shape index (κ2) is 6.93. The number of nitrogens with one attached hydrogen (secondary N) is 1. The van der Waals surface area contributed by atoms with Gasteiger partial charge in [0, 0.05) is 55.3 Å². The number of anilines is 1. The standard InChI is InChI=1S/C21H20ClFN6/c1-12-10-29(4-3-24-12)15-7-16-17(22)8-19(26-21(16)25-9-15)13-5-14-11-28(2)27-20(14)18(23)6-13/h5-9,11-12,24H,3-4,10H2,1-2H3/t12-/m1/s1. The van der Waals surface area contributed by atoms with Crippen LogP contribution in [-0.4, -0.2) is 45.4 Å². The monoisotopic (exact) mass is 410 g/mol. The zero-order chi connectivity index (χ0) is 20.1. The van der Waals surface area contributed by atoms with Crippen LogP contribution in [0.4, 0.5) is 10.1 Å². The molecule has 1 N–H and O–H groups in total. The lowest BCUT2D eigenvalue weighted by atomic mass is 10.1. The van der Waals surface area contributed by atoms with Crippen LogP contribution in [0.15, 0.2) is 36.7 Å². The van der Waals surface area contributed by atoms with Crippen molar-refractivity contribution in [1.29, 1.82) is 0 Å². The van der Waals surface area contributed by atoms with E-state index in [9.17, 15) is 4.39 Å². The Balaban J connectivity index is 1.57. The van der Waals surface area contributed by atoms with E-state index in [1.807, 2.05) is 18.3 Å². The Kier molecular flexibility index (Phi) is 4.37. The molecule has 0 saturated carbocycles. The summed E-state index contributed by atoms with van der Waals surface area (Å²) < 4.78 is 16.1. The first-order valence-corrected chi connectivity index (χ1v) is 9.93. The lowest BCUT2D eigenvalue weighted by Gasteiger charge is -2.33. The molecule has 5 rings (SSSR count). The van der Waals surface area contributed by atoms with Crippen molar-refractivity contribution in [3.05, 3.63) is 47.5 Å². The van der Waals surface area contributed by atoms with Crippen molar-refractivity contribution in [2.45, 2.75) is 13.0 Å². The molecule has 1 aliphatic rings. The molecule has 0 aliphatic carbocycles. The Hall–Kier alpha value is -2.77. The van der Waals surface area contributed by atoms with E-state index < -0.39 is 0 Å². The van der Waals surface area contributed by atoms with Gasteiger partial charge in [0.2, 0.25) is 0 Å². The van der Waals surface area contributed by atoms with Gasteiger partial charge in [0.15, 0.2) is 11.5 Å². The van der Waals surface area contributed by atoms with Gasteiger partial charge < -0.3 is 10.2 Å². The van der Waals surface area contributed by atoms with Crippen molar-refractivity contribution < 1.29 is 4.39 Å². The van der Waals surface area contributed by atoms with Gasteiger partial charge in [-0.25, -0.2) is 14.4 Å². The average molecular weight is 411 g/mol. The number of aromatic nitrogens is 4. The maximum absolute atomic E-state index is 14.5. The topological polar surface area (TPSA) is 58.9 Å². The van der Waals surface area contributed by atoms with Crippen LogP contribution in [-0.2, 0) is 7.05 Å². The molecule has 1 atom stereocenters. The Morgan fingerprint density at radius 3 is 2.93 bits per heavy atom. The van der Waals surface area contributed by atoms with E-state index in [1.54, 1.807) is 24.0 Å². The van der Waals surface area contributed by atoms with E-state index in [0.717, 1.165) is 36.1 Å². The molecule has 4 aromatic rings. The number of nitrogens with zero attached hydrogens (tertiary/aromatic N) is 5. The number of hydrogen-bond acceptors (Lipinski definition) is 5. The maximum atomic E-state index is 14.5. The number of piperazine rings is 1. The highest BCUT2D eigenvalue weighted by Gasteiger charge is 2.18. The van der Waals surface area contributed by atoms with E-state index in [2.05, 4.69) is 32.2 Å². The zero-order valence-corrected chi connectivity index (χ0v) is 16.9. The van der Waals surface area contributed by atoms with Crippen LogP contribution < -0.4 is 10.2 Å². The summed E-state index contributed by atoms with van der Waals surface area (Å²) in [5.74, 6) is -0.382. The SMILES string of the molecule is C[C@@H]1CN(c2cnc3nc(-c4cc(F)c5nn(C)cc5c4)cc(Cl)c3c2)CCN1. The summed E-state index contributed by atoms with van der Waals surface area (Å²) in [6.45, 7) is 4.94. The van der Waals surface area contributed by atoms with Gasteiger partial charge in [-0.2, -0.15) is 5.10 Å². The molecule has 3 aromatic heterocycles. The first kappa shape index (κ1) is 18.3. The van der Waals surface area contributed by atoms with Crippen molar-refractivity contribution >= 4 is 39.2 Å². The lowest BCUT2D eigenvalue weighted by Crippen LogP contribution is -2.49. The first-order chi connectivity index (χ1) is 14.0. The predicted octanol–water partition coefficient (Wildman–Crippen LogP) is 3.77. The van der Waals surface area contributed by atoms with E-state index in [-0.39, 0.29) is 5.82 Å². The quantitative estimate of drug-likeness (QED) is 0.545. The highest BCUT2D eigenvalue weighted by Crippen LogP contribution is 2.32. The van der Waals surface area contributed by atoms with Crippen LogP contribution in [0.5, 0.6) is 0 Å². The Morgan fingerprint density at radius 2 is 2.10 bits per heavy atom. The molecule has 148 valence electrons. The molecule has 6 nitrogen and oxygen atoms in total. The van der Waals surface area contributed by atoms with Crippen LogP contribution in [0.1, 0.15) is 6.92 Å². The minimum atomic E-state index is -0.382. The van der Waals surface area contributed by atoms with Gasteiger partial charge in [0.1, 0.15) is 5.52 Å². The molecule has 29 heavy (non-hydrogen) atoms. The van der Waals surface area contributed by atoms with Crippen LogP contribution in [0.25, 0.3) is 33.2 Å². The molecule has 1 aromatic carbocycles. The second-order valence-corrected chi connectivity index (χ2v) is 7.96. The van der Waals surface area contributed by atoms with Gasteiger partial charge in [-0.05, 0) is 31.2 Å². The summed E-state index contributed by atoms with van der Waals surface area (Å²) >= 11 is 6.59. The molecule has 0 unspecified atom stereocenters. The zero-order valence-electron chi connectivity index (χ0n) is 16.2. The molecule has 1 saturated heterocycles. The third-order valence-electron chi connectivity index (χ3n) is 5.31. The van der Waals surface area contributed by atoms with Crippen molar-refractivity contribution in [2.24, 2.45) is 7.05 Å². The fourth-order valence-corrected chi connectivity index (χ4v) is 4.15. The number of halogens is 2. The van der Waals surface area contributed by atoms with Crippen molar-refractivity contribution in [2.75, 3.05) is 24.5 Å². The predicted molar refractivity (Wildman–Crippen MR) is 114 cm³/mol. The molecule has 4 heterocycles. The molecule has 0 bridgehead atoms. The fourth-order valence-electron chi connectivity index (χ4n) is 3.90. The van der Waals surface area contributed by atoms with Crippen LogP contribution in [0, 0.1) is 5.82 Å². The van der Waals surface area contributed by atoms with Crippen LogP contribution in [0.2, 0.25) is 5.02 Å². The van der Waals surface area contributed by atoms with Crippen molar-refractivity contribution in [1.82, 2.24) is 25.1 Å². The summed E-state index contributed by atoms with van der Waals surface area (Å²) in [6.07, 6.45) is 3.61. The minimum absolute atomic E-state index is 0.344. The Morgan fingerprint density at radius 1 is 1.24 bits per heavy atom. The fraction of sp³-hybridized carbons (Fsp3) is 0.286. The number of hydrogen-bond donors (Lipinski definition) is 1. The van der Waals surface area contributed by atoms with Crippen LogP contribution >= 0.6 is 11.6 Å². The molecule has 1 fully saturated rings. The lowest BCUT2D eigenvalue weighted by molar-refractivity contribution is 0.484. The maximum Gasteiger partial charge on any atom is 0.161 e. The van der Waals surface area contributed by atoms with Gasteiger partial charge >= 0.3 is 0 Å². The van der Waals surface area contributed by atoms with E-state index in [4.69, 9.17) is 11.6 Å². The van der Waals surface area contributed by atoms with Gasteiger partial charge in [-0.3, -0.25) is 4.68 Å². The number of aryl methyl sites for hydroxylation is 1. The second-order valence-electron chi connectivity index (χ2n) is 7.55. The van der Waals surface area contributed by atoms with E-state index in [0.29, 0.717) is 33.5 Å². The van der Waals surface area contributed by atoms with E-state index >= 15 is 0 Å². The Bertz CT molecular complexity index is 1240. The van der Waals surface area contributed by atoms with Gasteiger partial charge in [-0.15, -0.1) is 0 Å². The first-order valence-electron chi connectivity index (χ1n) is 9.56. The number of benzene rings is 1. The van der Waals surface area contributed by atoms with E-state index in [1.165, 1.54) is 6.07 Å². The molecule has 0 spiro atoms. The summed E-state index contributed by atoms with van der Waals surface area (Å²) in [6, 6.07) is 7.53. The molecule has 0 radical (unpaired) electrons. The summed E-state index contributed by atoms with van der Waals surface area (Å²) in [5, 5.41) is 9.65. The minimum Gasteiger partial charge on any atom is -0.367 e. The van der Waals surface area contributed by atoms with Gasteiger partial charge in [0.05, 0.1) is 22.6 Å². The van der Waals surface area contributed by atoms with Gasteiger partial charge in [0.25, 0.3) is 0 Å². The number of fused-ring (bicyclic) bond motifs is 2. The third kappa shape index (κ3) is 3.30. The summed E-state index contributed by atoms with van der Waals surface area (Å²) in [5.41, 5.74) is 3.16. The summed E-state index contributed by atoms with van der Waals surface area (Å²) in [7, 11) is 1.77. The average Bonchev–Trinajstić information content (AvgIpc) is 3.08. The normalized spacial score (nSPS) is 17.4. The molecular weight excluding hydrogens is 391 g/mol. The summed E-state index contributed by atoms with van der Waals surface area (Å²) in [4.78, 5) is 11.5. The molecule has 0 amide bonds. The highest BCUT2D eigenvalue weighted by molar-refractivity contribution is 6.35. The third-order valence-corrected chi connectivity index (χ3v) is 5.62. The Labute approximate surface area is 172 Å². The highest BCUT2D eigenvalue weighted by atomic mass is 35.5. The smallest absolute Gasteiger partial charge is 0.161 e. The molecular formula is C21H20ClFN6.